The topological polar surface area (TPSA) is 83.8 Å². The minimum atomic E-state index is -0.686. The Hall–Kier alpha value is -2.66. The van der Waals surface area contributed by atoms with Gasteiger partial charge in [-0.05, 0) is 36.6 Å². The van der Waals surface area contributed by atoms with Crippen LogP contribution in [0.1, 0.15) is 42.6 Å². The SMILES string of the molecule is NC(C(=O)Nc1ccc2nc(C3CCC3)[nH]c2c1)c1ccccc1. The van der Waals surface area contributed by atoms with E-state index >= 15 is 0 Å². The van der Waals surface area contributed by atoms with Crippen molar-refractivity contribution in [2.75, 3.05) is 5.32 Å². The van der Waals surface area contributed by atoms with Crippen LogP contribution < -0.4 is 11.1 Å². The van der Waals surface area contributed by atoms with Crippen LogP contribution in [-0.4, -0.2) is 15.9 Å². The van der Waals surface area contributed by atoms with Gasteiger partial charge >= 0.3 is 0 Å². The van der Waals surface area contributed by atoms with Crippen molar-refractivity contribution >= 4 is 22.6 Å². The number of aromatic nitrogens is 2. The van der Waals surface area contributed by atoms with Gasteiger partial charge in [-0.15, -0.1) is 0 Å². The van der Waals surface area contributed by atoms with Gasteiger partial charge in [0.25, 0.3) is 0 Å². The number of fused-ring (bicyclic) bond motifs is 1. The first-order chi connectivity index (χ1) is 11.7. The van der Waals surface area contributed by atoms with Crippen molar-refractivity contribution < 1.29 is 4.79 Å². The molecule has 1 aromatic heterocycles. The number of anilines is 1. The molecule has 4 N–H and O–H groups in total. The number of nitrogens with one attached hydrogen (secondary N) is 2. The van der Waals surface area contributed by atoms with E-state index in [1.54, 1.807) is 0 Å². The molecule has 1 fully saturated rings. The Morgan fingerprint density at radius 2 is 2.00 bits per heavy atom. The standard InChI is InChI=1S/C19H20N4O/c20-17(12-5-2-1-3-6-12)19(24)21-14-9-10-15-16(11-14)23-18(22-15)13-7-4-8-13/h1-3,5-6,9-11,13,17H,4,7-8,20H2,(H,21,24)(H,22,23). The largest absolute Gasteiger partial charge is 0.342 e. The second-order valence-corrected chi connectivity index (χ2v) is 6.36. The number of aromatic amines is 1. The summed E-state index contributed by atoms with van der Waals surface area (Å²) in [5.74, 6) is 1.39. The summed E-state index contributed by atoms with van der Waals surface area (Å²) in [5, 5.41) is 2.89. The number of hydrogen-bond donors (Lipinski definition) is 3. The Balaban J connectivity index is 1.52. The summed E-state index contributed by atoms with van der Waals surface area (Å²) >= 11 is 0. The molecule has 0 saturated heterocycles. The number of carbonyl (C=O) groups is 1. The van der Waals surface area contributed by atoms with Crippen molar-refractivity contribution in [2.45, 2.75) is 31.2 Å². The Morgan fingerprint density at radius 3 is 2.71 bits per heavy atom. The third-order valence-electron chi connectivity index (χ3n) is 4.70. The number of rotatable bonds is 4. The van der Waals surface area contributed by atoms with Gasteiger partial charge in [0.2, 0.25) is 5.91 Å². The highest BCUT2D eigenvalue weighted by Crippen LogP contribution is 2.35. The Bertz CT molecular complexity index is 867. The van der Waals surface area contributed by atoms with Crippen molar-refractivity contribution in [2.24, 2.45) is 5.73 Å². The smallest absolute Gasteiger partial charge is 0.245 e. The molecule has 24 heavy (non-hydrogen) atoms. The minimum Gasteiger partial charge on any atom is -0.342 e. The molecule has 5 nitrogen and oxygen atoms in total. The highest BCUT2D eigenvalue weighted by molar-refractivity contribution is 5.96. The van der Waals surface area contributed by atoms with Gasteiger partial charge in [0, 0.05) is 11.6 Å². The number of amides is 1. The van der Waals surface area contributed by atoms with E-state index in [0.717, 1.165) is 28.1 Å². The molecule has 122 valence electrons. The summed E-state index contributed by atoms with van der Waals surface area (Å²) in [6.45, 7) is 0. The number of H-pyrrole nitrogens is 1. The van der Waals surface area contributed by atoms with Crippen LogP contribution in [0.2, 0.25) is 0 Å². The minimum absolute atomic E-state index is 0.223. The first kappa shape index (κ1) is 14.9. The highest BCUT2D eigenvalue weighted by Gasteiger charge is 2.22. The van der Waals surface area contributed by atoms with E-state index in [0.29, 0.717) is 5.92 Å². The van der Waals surface area contributed by atoms with Crippen molar-refractivity contribution in [3.63, 3.8) is 0 Å². The molecule has 1 aliphatic rings. The molecule has 1 unspecified atom stereocenters. The predicted octanol–water partition coefficient (Wildman–Crippen LogP) is 3.47. The Labute approximate surface area is 140 Å². The molecule has 1 atom stereocenters. The van der Waals surface area contributed by atoms with Crippen LogP contribution in [0.15, 0.2) is 48.5 Å². The predicted molar refractivity (Wildman–Crippen MR) is 94.7 cm³/mol. The van der Waals surface area contributed by atoms with E-state index in [-0.39, 0.29) is 5.91 Å². The lowest BCUT2D eigenvalue weighted by Gasteiger charge is -2.22. The first-order valence-corrected chi connectivity index (χ1v) is 8.32. The van der Waals surface area contributed by atoms with Crippen LogP contribution in [-0.2, 0) is 4.79 Å². The maximum Gasteiger partial charge on any atom is 0.245 e. The lowest BCUT2D eigenvalue weighted by molar-refractivity contribution is -0.117. The van der Waals surface area contributed by atoms with Crippen molar-refractivity contribution in [3.05, 3.63) is 59.9 Å². The van der Waals surface area contributed by atoms with Crippen LogP contribution in [0.25, 0.3) is 11.0 Å². The zero-order valence-electron chi connectivity index (χ0n) is 13.3. The average molecular weight is 320 g/mol. The zero-order valence-corrected chi connectivity index (χ0v) is 13.3. The summed E-state index contributed by atoms with van der Waals surface area (Å²) in [6.07, 6.45) is 3.69. The zero-order chi connectivity index (χ0) is 16.5. The normalized spacial score (nSPS) is 15.9. The van der Waals surface area contributed by atoms with Gasteiger partial charge < -0.3 is 16.0 Å². The summed E-state index contributed by atoms with van der Waals surface area (Å²) in [5.41, 5.74) is 9.44. The van der Waals surface area contributed by atoms with E-state index in [4.69, 9.17) is 5.73 Å². The van der Waals surface area contributed by atoms with E-state index in [1.807, 2.05) is 48.5 Å². The maximum atomic E-state index is 12.4. The fourth-order valence-electron chi connectivity index (χ4n) is 3.01. The second-order valence-electron chi connectivity index (χ2n) is 6.36. The molecule has 2 aromatic carbocycles. The molecule has 1 heterocycles. The molecule has 0 spiro atoms. The van der Waals surface area contributed by atoms with Crippen LogP contribution in [0.3, 0.4) is 0 Å². The quantitative estimate of drug-likeness (QED) is 0.688. The molecule has 1 aliphatic carbocycles. The number of imidazole rings is 1. The van der Waals surface area contributed by atoms with Gasteiger partial charge in [0.15, 0.2) is 0 Å². The number of nitrogens with two attached hydrogens (primary N) is 1. The summed E-state index contributed by atoms with van der Waals surface area (Å²) in [4.78, 5) is 20.4. The second kappa shape index (κ2) is 6.09. The number of hydrogen-bond acceptors (Lipinski definition) is 3. The third kappa shape index (κ3) is 2.78. The van der Waals surface area contributed by atoms with Crippen LogP contribution in [0.5, 0.6) is 0 Å². The molecular formula is C19H20N4O. The van der Waals surface area contributed by atoms with Crippen molar-refractivity contribution in [1.29, 1.82) is 0 Å². The fraction of sp³-hybridized carbons (Fsp3) is 0.263. The average Bonchev–Trinajstić information content (AvgIpc) is 2.95. The number of nitrogens with zero attached hydrogens (tertiary/aromatic N) is 1. The molecular weight excluding hydrogens is 300 g/mol. The van der Waals surface area contributed by atoms with E-state index in [1.165, 1.54) is 19.3 Å². The molecule has 5 heteroatoms. The van der Waals surface area contributed by atoms with Gasteiger partial charge in [-0.25, -0.2) is 4.98 Å². The summed E-state index contributed by atoms with van der Waals surface area (Å²) in [6, 6.07) is 14.4. The monoisotopic (exact) mass is 320 g/mol. The van der Waals surface area contributed by atoms with Crippen molar-refractivity contribution in [1.82, 2.24) is 9.97 Å². The number of benzene rings is 2. The van der Waals surface area contributed by atoms with Crippen molar-refractivity contribution in [3.8, 4) is 0 Å². The Morgan fingerprint density at radius 1 is 1.21 bits per heavy atom. The lowest BCUT2D eigenvalue weighted by Crippen LogP contribution is -2.27. The molecule has 1 amide bonds. The van der Waals surface area contributed by atoms with Gasteiger partial charge in [-0.2, -0.15) is 0 Å². The van der Waals surface area contributed by atoms with E-state index in [2.05, 4.69) is 15.3 Å². The molecule has 3 aromatic rings. The first-order valence-electron chi connectivity index (χ1n) is 8.32. The van der Waals surface area contributed by atoms with E-state index < -0.39 is 6.04 Å². The van der Waals surface area contributed by atoms with Crippen LogP contribution in [0.4, 0.5) is 5.69 Å². The molecule has 0 bridgehead atoms. The molecule has 4 rings (SSSR count). The van der Waals surface area contributed by atoms with E-state index in [9.17, 15) is 4.79 Å². The molecule has 0 aliphatic heterocycles. The lowest BCUT2D eigenvalue weighted by atomic mass is 9.85. The maximum absolute atomic E-state index is 12.4. The Kier molecular flexibility index (Phi) is 3.78. The van der Waals surface area contributed by atoms with Gasteiger partial charge in [0.1, 0.15) is 11.9 Å². The van der Waals surface area contributed by atoms with Crippen LogP contribution >= 0.6 is 0 Å². The fourth-order valence-corrected chi connectivity index (χ4v) is 3.01. The van der Waals surface area contributed by atoms with Gasteiger partial charge in [-0.1, -0.05) is 36.8 Å². The third-order valence-corrected chi connectivity index (χ3v) is 4.70. The van der Waals surface area contributed by atoms with Gasteiger partial charge in [-0.3, -0.25) is 4.79 Å². The number of carbonyl (C=O) groups excluding carboxylic acids is 1. The molecule has 0 radical (unpaired) electrons. The van der Waals surface area contributed by atoms with Gasteiger partial charge in [0.05, 0.1) is 11.0 Å². The summed E-state index contributed by atoms with van der Waals surface area (Å²) < 4.78 is 0. The highest BCUT2D eigenvalue weighted by atomic mass is 16.2. The molecule has 1 saturated carbocycles. The van der Waals surface area contributed by atoms with Crippen LogP contribution in [0, 0.1) is 0 Å². The summed E-state index contributed by atoms with van der Waals surface area (Å²) in [7, 11) is 0.